The lowest BCUT2D eigenvalue weighted by Gasteiger charge is -2.44. The first-order valence-electron chi connectivity index (χ1n) is 5.66. The number of nitrogens with one attached hydrogen (secondary N) is 1. The average molecular weight is 210 g/mol. The molecule has 1 amide bonds. The van der Waals surface area contributed by atoms with Crippen molar-refractivity contribution in [1.29, 1.82) is 0 Å². The normalized spacial score (nSPS) is 33.8. The Labute approximate surface area is 90.0 Å². The molecular formula is C11H18N2O2. The van der Waals surface area contributed by atoms with Crippen LogP contribution in [0.2, 0.25) is 0 Å². The largest absolute Gasteiger partial charge is 0.351 e. The third kappa shape index (κ3) is 2.56. The molecule has 0 aromatic heterocycles. The molecule has 1 atom stereocenters. The second kappa shape index (κ2) is 4.31. The van der Waals surface area contributed by atoms with E-state index in [0.29, 0.717) is 5.92 Å². The third-order valence-electron chi connectivity index (χ3n) is 3.41. The molecule has 0 aliphatic carbocycles. The van der Waals surface area contributed by atoms with E-state index in [1.54, 1.807) is 0 Å². The van der Waals surface area contributed by atoms with Crippen LogP contribution in [0.5, 0.6) is 0 Å². The number of rotatable bonds is 3. The summed E-state index contributed by atoms with van der Waals surface area (Å²) in [6.45, 7) is 4.76. The van der Waals surface area contributed by atoms with E-state index in [9.17, 15) is 9.59 Å². The fourth-order valence-corrected chi connectivity index (χ4v) is 2.61. The fourth-order valence-electron chi connectivity index (χ4n) is 2.61. The Morgan fingerprint density at radius 2 is 2.00 bits per heavy atom. The molecule has 4 nitrogen and oxygen atoms in total. The molecule has 0 spiro atoms. The van der Waals surface area contributed by atoms with Crippen LogP contribution >= 0.6 is 0 Å². The van der Waals surface area contributed by atoms with Crippen LogP contribution in [0.15, 0.2) is 0 Å². The minimum absolute atomic E-state index is 0.0310. The zero-order valence-electron chi connectivity index (χ0n) is 9.16. The molecular weight excluding hydrogens is 192 g/mol. The van der Waals surface area contributed by atoms with Gasteiger partial charge in [0.15, 0.2) is 0 Å². The summed E-state index contributed by atoms with van der Waals surface area (Å²) in [5.74, 6) is 0.459. The predicted molar refractivity (Wildman–Crippen MR) is 56.4 cm³/mol. The van der Waals surface area contributed by atoms with Crippen LogP contribution in [-0.2, 0) is 9.59 Å². The SMILES string of the molecule is CC(=O)CC(=O)NC1CN2CCC1CC2. The number of ketones is 1. The summed E-state index contributed by atoms with van der Waals surface area (Å²) in [7, 11) is 0. The summed E-state index contributed by atoms with van der Waals surface area (Å²) < 4.78 is 0. The number of amides is 1. The summed E-state index contributed by atoms with van der Waals surface area (Å²) in [5.41, 5.74) is 0. The summed E-state index contributed by atoms with van der Waals surface area (Å²) in [6, 6.07) is 0.277. The van der Waals surface area contributed by atoms with E-state index in [2.05, 4.69) is 10.2 Å². The van der Waals surface area contributed by atoms with Gasteiger partial charge in [0.2, 0.25) is 5.91 Å². The first-order valence-corrected chi connectivity index (χ1v) is 5.66. The molecule has 1 N–H and O–H groups in total. The van der Waals surface area contributed by atoms with Gasteiger partial charge in [-0.2, -0.15) is 0 Å². The Bertz CT molecular complexity index is 270. The number of carbonyl (C=O) groups is 2. The third-order valence-corrected chi connectivity index (χ3v) is 3.41. The maximum atomic E-state index is 11.4. The zero-order valence-corrected chi connectivity index (χ0v) is 9.16. The number of hydrogen-bond acceptors (Lipinski definition) is 3. The maximum absolute atomic E-state index is 11.4. The van der Waals surface area contributed by atoms with Crippen molar-refractivity contribution in [3.8, 4) is 0 Å². The van der Waals surface area contributed by atoms with Gasteiger partial charge in [-0.1, -0.05) is 0 Å². The molecule has 3 rings (SSSR count). The van der Waals surface area contributed by atoms with Crippen LogP contribution < -0.4 is 5.32 Å². The number of nitrogens with zero attached hydrogens (tertiary/aromatic N) is 1. The molecule has 3 heterocycles. The lowest BCUT2D eigenvalue weighted by atomic mass is 9.84. The first-order chi connectivity index (χ1) is 7.15. The van der Waals surface area contributed by atoms with E-state index < -0.39 is 0 Å². The molecule has 4 heteroatoms. The number of carbonyl (C=O) groups excluding carboxylic acids is 2. The number of piperidine rings is 3. The molecule has 15 heavy (non-hydrogen) atoms. The highest BCUT2D eigenvalue weighted by atomic mass is 16.2. The minimum atomic E-state index is -0.110. The summed E-state index contributed by atoms with van der Waals surface area (Å²) in [5, 5.41) is 2.98. The van der Waals surface area contributed by atoms with Crippen molar-refractivity contribution >= 4 is 11.7 Å². The molecule has 3 aliphatic rings. The standard InChI is InChI=1S/C11H18N2O2/c1-8(14)6-11(15)12-10-7-13-4-2-9(10)3-5-13/h9-10H,2-7H2,1H3,(H,12,15). The fraction of sp³-hybridized carbons (Fsp3) is 0.818. The van der Waals surface area contributed by atoms with Gasteiger partial charge >= 0.3 is 0 Å². The highest BCUT2D eigenvalue weighted by Gasteiger charge is 2.34. The smallest absolute Gasteiger partial charge is 0.227 e. The molecule has 84 valence electrons. The second-order valence-electron chi connectivity index (χ2n) is 4.69. The monoisotopic (exact) mass is 210 g/mol. The molecule has 1 unspecified atom stereocenters. The van der Waals surface area contributed by atoms with Crippen LogP contribution in [0, 0.1) is 5.92 Å². The van der Waals surface area contributed by atoms with Crippen molar-refractivity contribution in [3.05, 3.63) is 0 Å². The highest BCUT2D eigenvalue weighted by molar-refractivity contribution is 5.96. The van der Waals surface area contributed by atoms with Crippen LogP contribution in [0.3, 0.4) is 0 Å². The van der Waals surface area contributed by atoms with Gasteiger partial charge in [0.25, 0.3) is 0 Å². The van der Waals surface area contributed by atoms with Gasteiger partial charge in [0, 0.05) is 12.6 Å². The van der Waals surface area contributed by atoms with E-state index in [1.807, 2.05) is 0 Å². The minimum Gasteiger partial charge on any atom is -0.351 e. The summed E-state index contributed by atoms with van der Waals surface area (Å²) >= 11 is 0. The molecule has 3 fully saturated rings. The van der Waals surface area contributed by atoms with Crippen molar-refractivity contribution in [2.75, 3.05) is 19.6 Å². The Morgan fingerprint density at radius 1 is 1.33 bits per heavy atom. The average Bonchev–Trinajstić information content (AvgIpc) is 2.17. The molecule has 3 saturated heterocycles. The Kier molecular flexibility index (Phi) is 3.05. The van der Waals surface area contributed by atoms with Crippen LogP contribution in [0.4, 0.5) is 0 Å². The van der Waals surface area contributed by atoms with Crippen molar-refractivity contribution in [2.24, 2.45) is 5.92 Å². The van der Waals surface area contributed by atoms with Gasteiger partial charge in [-0.25, -0.2) is 0 Å². The molecule has 0 radical (unpaired) electrons. The number of hydrogen-bond donors (Lipinski definition) is 1. The lowest BCUT2D eigenvalue weighted by molar-refractivity contribution is -0.128. The molecule has 3 aliphatic heterocycles. The van der Waals surface area contributed by atoms with Gasteiger partial charge in [-0.15, -0.1) is 0 Å². The second-order valence-corrected chi connectivity index (χ2v) is 4.69. The zero-order chi connectivity index (χ0) is 10.8. The topological polar surface area (TPSA) is 49.4 Å². The van der Waals surface area contributed by atoms with Crippen LogP contribution in [-0.4, -0.2) is 42.3 Å². The van der Waals surface area contributed by atoms with Gasteiger partial charge in [-0.05, 0) is 38.8 Å². The van der Waals surface area contributed by atoms with Gasteiger partial charge in [0.1, 0.15) is 5.78 Å². The van der Waals surface area contributed by atoms with E-state index in [-0.39, 0.29) is 24.2 Å². The molecule has 0 aromatic carbocycles. The Morgan fingerprint density at radius 3 is 2.47 bits per heavy atom. The van der Waals surface area contributed by atoms with Gasteiger partial charge < -0.3 is 10.2 Å². The molecule has 2 bridgehead atoms. The Hall–Kier alpha value is -0.900. The summed E-state index contributed by atoms with van der Waals surface area (Å²) in [6.07, 6.45) is 2.40. The first kappa shape index (κ1) is 10.6. The molecule has 0 saturated carbocycles. The predicted octanol–water partition coefficient (Wildman–Crippen LogP) is 0.176. The van der Waals surface area contributed by atoms with Crippen LogP contribution in [0.1, 0.15) is 26.2 Å². The summed E-state index contributed by atoms with van der Waals surface area (Å²) in [4.78, 5) is 24.6. The van der Waals surface area contributed by atoms with E-state index in [1.165, 1.54) is 32.9 Å². The van der Waals surface area contributed by atoms with E-state index in [0.717, 1.165) is 6.54 Å². The van der Waals surface area contributed by atoms with Crippen molar-refractivity contribution in [3.63, 3.8) is 0 Å². The Balaban J connectivity index is 1.84. The van der Waals surface area contributed by atoms with Gasteiger partial charge in [0.05, 0.1) is 6.42 Å². The van der Waals surface area contributed by atoms with E-state index in [4.69, 9.17) is 0 Å². The maximum Gasteiger partial charge on any atom is 0.227 e. The highest BCUT2D eigenvalue weighted by Crippen LogP contribution is 2.27. The number of fused-ring (bicyclic) bond motifs is 3. The van der Waals surface area contributed by atoms with Crippen molar-refractivity contribution in [2.45, 2.75) is 32.2 Å². The quantitative estimate of drug-likeness (QED) is 0.676. The van der Waals surface area contributed by atoms with E-state index >= 15 is 0 Å². The van der Waals surface area contributed by atoms with Crippen molar-refractivity contribution in [1.82, 2.24) is 10.2 Å². The van der Waals surface area contributed by atoms with Crippen molar-refractivity contribution < 1.29 is 9.59 Å². The van der Waals surface area contributed by atoms with Crippen LogP contribution in [0.25, 0.3) is 0 Å². The molecule has 0 aromatic rings. The van der Waals surface area contributed by atoms with Gasteiger partial charge in [-0.3, -0.25) is 9.59 Å². The lowest BCUT2D eigenvalue weighted by Crippen LogP contribution is -2.57. The number of Topliss-reactive ketones (excluding diaryl/α,β-unsaturated/α-hetero) is 1.